The Labute approximate surface area is 222 Å². The van der Waals surface area contributed by atoms with Gasteiger partial charge in [0.15, 0.2) is 0 Å². The first-order valence-corrected chi connectivity index (χ1v) is 13.0. The van der Waals surface area contributed by atoms with Gasteiger partial charge in [-0.15, -0.1) is 0 Å². The van der Waals surface area contributed by atoms with Crippen LogP contribution in [0.15, 0.2) is 130 Å². The molecule has 0 amide bonds. The largest absolute Gasteiger partial charge is 0.456 e. The van der Waals surface area contributed by atoms with Gasteiger partial charge < -0.3 is 13.4 Å². The Hall–Kier alpha value is -5.35. The van der Waals surface area contributed by atoms with Crippen molar-refractivity contribution < 1.29 is 8.83 Å². The fourth-order valence-electron chi connectivity index (χ4n) is 6.20. The van der Waals surface area contributed by atoms with Crippen molar-refractivity contribution in [1.82, 2.24) is 9.55 Å². The third-order valence-corrected chi connectivity index (χ3v) is 7.90. The number of fused-ring (bicyclic) bond motifs is 11. The van der Waals surface area contributed by atoms with Gasteiger partial charge in [0, 0.05) is 39.6 Å². The molecule has 9 aromatic rings. The van der Waals surface area contributed by atoms with E-state index in [-0.39, 0.29) is 0 Å². The molecule has 182 valence electrons. The third kappa shape index (κ3) is 2.80. The fraction of sp³-hybridized carbons (Fsp3) is 0. The topological polar surface area (TPSA) is 44.1 Å². The molecule has 0 N–H and O–H groups in total. The number of rotatable bonds is 2. The molecule has 39 heavy (non-hydrogen) atoms. The average Bonchev–Trinajstić information content (AvgIpc) is 3.66. The first-order valence-electron chi connectivity index (χ1n) is 13.0. The maximum Gasteiger partial charge on any atom is 0.147 e. The summed E-state index contributed by atoms with van der Waals surface area (Å²) >= 11 is 0. The Morgan fingerprint density at radius 2 is 1.26 bits per heavy atom. The second-order valence-corrected chi connectivity index (χ2v) is 9.99. The molecule has 4 heterocycles. The average molecular weight is 501 g/mol. The highest BCUT2D eigenvalue weighted by Gasteiger charge is 2.21. The molecule has 0 bridgehead atoms. The SMILES string of the molecule is c1cc(-c2ccncc2)cc(-n2c3ccccc3c3c4oc5c(ccc6oc7ccccc7c65)c4ccc32)c1. The van der Waals surface area contributed by atoms with Gasteiger partial charge in [-0.2, -0.15) is 0 Å². The summed E-state index contributed by atoms with van der Waals surface area (Å²) in [5.74, 6) is 0. The molecular weight excluding hydrogens is 480 g/mol. The summed E-state index contributed by atoms with van der Waals surface area (Å²) in [5.41, 5.74) is 9.15. The number of benzene rings is 5. The van der Waals surface area contributed by atoms with Gasteiger partial charge in [0.2, 0.25) is 0 Å². The molecular formula is C35H20N2O2. The molecule has 0 spiro atoms. The van der Waals surface area contributed by atoms with Crippen molar-refractivity contribution in [2.45, 2.75) is 0 Å². The van der Waals surface area contributed by atoms with Gasteiger partial charge in [-0.1, -0.05) is 48.5 Å². The van der Waals surface area contributed by atoms with Crippen LogP contribution in [0, 0.1) is 0 Å². The highest BCUT2D eigenvalue weighted by molar-refractivity contribution is 6.28. The molecule has 4 aromatic heterocycles. The predicted octanol–water partition coefficient (Wildman–Crippen LogP) is 9.64. The van der Waals surface area contributed by atoms with E-state index in [4.69, 9.17) is 8.83 Å². The van der Waals surface area contributed by atoms with Crippen molar-refractivity contribution in [1.29, 1.82) is 0 Å². The van der Waals surface area contributed by atoms with Crippen LogP contribution in [0.3, 0.4) is 0 Å². The predicted molar refractivity (Wildman–Crippen MR) is 159 cm³/mol. The summed E-state index contributed by atoms with van der Waals surface area (Å²) in [4.78, 5) is 4.18. The van der Waals surface area contributed by atoms with E-state index in [9.17, 15) is 0 Å². The summed E-state index contributed by atoms with van der Waals surface area (Å²) in [7, 11) is 0. The van der Waals surface area contributed by atoms with Crippen LogP contribution in [0.4, 0.5) is 0 Å². The summed E-state index contributed by atoms with van der Waals surface area (Å²) in [6, 6.07) is 38.1. The van der Waals surface area contributed by atoms with Crippen LogP contribution in [0.5, 0.6) is 0 Å². The van der Waals surface area contributed by atoms with E-state index in [0.29, 0.717) is 0 Å². The lowest BCUT2D eigenvalue weighted by Gasteiger charge is -2.10. The first-order chi connectivity index (χ1) is 19.3. The maximum absolute atomic E-state index is 6.82. The van der Waals surface area contributed by atoms with Crippen LogP contribution >= 0.6 is 0 Å². The molecule has 0 aliphatic carbocycles. The van der Waals surface area contributed by atoms with Crippen molar-refractivity contribution in [3.05, 3.63) is 122 Å². The number of hydrogen-bond acceptors (Lipinski definition) is 3. The van der Waals surface area contributed by atoms with Gasteiger partial charge in [0.25, 0.3) is 0 Å². The molecule has 0 fully saturated rings. The second-order valence-electron chi connectivity index (χ2n) is 9.99. The second kappa shape index (κ2) is 7.59. The van der Waals surface area contributed by atoms with E-state index in [1.54, 1.807) is 0 Å². The van der Waals surface area contributed by atoms with Crippen LogP contribution in [-0.4, -0.2) is 9.55 Å². The zero-order valence-electron chi connectivity index (χ0n) is 20.8. The van der Waals surface area contributed by atoms with Crippen molar-refractivity contribution >= 4 is 65.7 Å². The summed E-state index contributed by atoms with van der Waals surface area (Å²) < 4.78 is 15.3. The van der Waals surface area contributed by atoms with E-state index in [1.807, 2.05) is 42.7 Å². The maximum atomic E-state index is 6.82. The van der Waals surface area contributed by atoms with Gasteiger partial charge in [-0.3, -0.25) is 4.98 Å². The Kier molecular flexibility index (Phi) is 4.02. The lowest BCUT2D eigenvalue weighted by Crippen LogP contribution is -1.94. The third-order valence-electron chi connectivity index (χ3n) is 7.90. The molecule has 4 heteroatoms. The summed E-state index contributed by atoms with van der Waals surface area (Å²) in [6.45, 7) is 0. The molecule has 9 rings (SSSR count). The van der Waals surface area contributed by atoms with E-state index >= 15 is 0 Å². The van der Waals surface area contributed by atoms with Gasteiger partial charge in [0.1, 0.15) is 22.3 Å². The number of furan rings is 2. The number of nitrogens with zero attached hydrogens (tertiary/aromatic N) is 2. The first kappa shape index (κ1) is 20.7. The minimum Gasteiger partial charge on any atom is -0.456 e. The lowest BCUT2D eigenvalue weighted by molar-refractivity contribution is 0.664. The van der Waals surface area contributed by atoms with Crippen LogP contribution in [0.25, 0.3) is 82.5 Å². The van der Waals surface area contributed by atoms with Crippen LogP contribution in [0.2, 0.25) is 0 Å². The number of hydrogen-bond donors (Lipinski definition) is 0. The smallest absolute Gasteiger partial charge is 0.147 e. The number of para-hydroxylation sites is 2. The fourth-order valence-corrected chi connectivity index (χ4v) is 6.20. The number of pyridine rings is 1. The highest BCUT2D eigenvalue weighted by atomic mass is 16.3. The van der Waals surface area contributed by atoms with Crippen LogP contribution in [0.1, 0.15) is 0 Å². The summed E-state index contributed by atoms with van der Waals surface area (Å²) in [6.07, 6.45) is 3.67. The Balaban J connectivity index is 1.40. The standard InChI is InChI=1S/C35H20N2O2/c1-3-10-28-26(8-1)32-29(37(28)23-7-5-6-22(20-23)21-16-18-36-19-17-21)14-12-24-25-13-15-31-33(35(25)39-34(24)32)27-9-2-4-11-30(27)38-31/h1-20H. The van der Waals surface area contributed by atoms with Crippen LogP contribution < -0.4 is 0 Å². The molecule has 0 saturated carbocycles. The Bertz CT molecular complexity index is 2390. The molecule has 0 radical (unpaired) electrons. The molecule has 0 saturated heterocycles. The zero-order chi connectivity index (χ0) is 25.5. The quantitative estimate of drug-likeness (QED) is 0.237. The van der Waals surface area contributed by atoms with Gasteiger partial charge in [-0.25, -0.2) is 0 Å². The monoisotopic (exact) mass is 500 g/mol. The normalized spacial score (nSPS) is 12.1. The Morgan fingerprint density at radius 1 is 0.487 bits per heavy atom. The highest BCUT2D eigenvalue weighted by Crippen LogP contribution is 2.44. The van der Waals surface area contributed by atoms with Gasteiger partial charge in [0.05, 0.1) is 21.8 Å². The van der Waals surface area contributed by atoms with E-state index < -0.39 is 0 Å². The van der Waals surface area contributed by atoms with E-state index in [2.05, 4.69) is 88.4 Å². The van der Waals surface area contributed by atoms with Crippen molar-refractivity contribution in [2.24, 2.45) is 0 Å². The molecule has 5 aromatic carbocycles. The van der Waals surface area contributed by atoms with E-state index in [1.165, 1.54) is 5.39 Å². The van der Waals surface area contributed by atoms with Crippen molar-refractivity contribution in [2.75, 3.05) is 0 Å². The molecule has 0 atom stereocenters. The molecule has 0 aliphatic rings. The van der Waals surface area contributed by atoms with Crippen molar-refractivity contribution in [3.63, 3.8) is 0 Å². The van der Waals surface area contributed by atoms with Crippen LogP contribution in [-0.2, 0) is 0 Å². The molecule has 0 unspecified atom stereocenters. The van der Waals surface area contributed by atoms with Crippen molar-refractivity contribution in [3.8, 4) is 16.8 Å². The summed E-state index contributed by atoms with van der Waals surface area (Å²) in [5, 5.41) is 6.60. The minimum atomic E-state index is 0.842. The molecule has 0 aliphatic heterocycles. The minimum absolute atomic E-state index is 0.842. The number of aromatic nitrogens is 2. The van der Waals surface area contributed by atoms with Gasteiger partial charge >= 0.3 is 0 Å². The zero-order valence-corrected chi connectivity index (χ0v) is 20.8. The lowest BCUT2D eigenvalue weighted by atomic mass is 10.1. The van der Waals surface area contributed by atoms with Gasteiger partial charge in [-0.05, 0) is 71.8 Å². The van der Waals surface area contributed by atoms with E-state index in [0.717, 1.165) is 77.1 Å². The Morgan fingerprint density at radius 3 is 2.15 bits per heavy atom. The molecule has 4 nitrogen and oxygen atoms in total.